The van der Waals surface area contributed by atoms with Crippen LogP contribution in [0.3, 0.4) is 0 Å². The largest absolute Gasteiger partial charge is 0.376 e. The number of rotatable bonds is 3. The topological polar surface area (TPSA) is 12.0 Å². The van der Waals surface area contributed by atoms with E-state index in [1.807, 2.05) is 0 Å². The molecule has 0 atom stereocenters. The smallest absolute Gasteiger partial charge is 0.0569 e. The van der Waals surface area contributed by atoms with Crippen molar-refractivity contribution in [1.29, 1.82) is 0 Å². The van der Waals surface area contributed by atoms with Crippen LogP contribution in [0.25, 0.3) is 21.5 Å². The fourth-order valence-corrected chi connectivity index (χ4v) is 3.95. The number of benzene rings is 4. The fraction of sp³-hybridized carbons (Fsp3) is 0.259. The van der Waals surface area contributed by atoms with Crippen molar-refractivity contribution in [2.24, 2.45) is 0 Å². The Morgan fingerprint density at radius 3 is 1.89 bits per heavy atom. The standard InChI is InChI=1S/C27H29N/c1-26(2,3)20-14-16-21(17-15-20)27(4,5)28-25-12-8-11-23-22-10-7-6-9-19(22)13-18-24(23)25/h6-18,28H,1-5H3. The van der Waals surface area contributed by atoms with Crippen LogP contribution in [0.15, 0.2) is 78.9 Å². The SMILES string of the molecule is CC(C)(C)c1ccc(C(C)(C)Nc2cccc3c2ccc2ccccc23)cc1. The molecule has 1 nitrogen and oxygen atoms in total. The van der Waals surface area contributed by atoms with Crippen molar-refractivity contribution in [1.82, 2.24) is 0 Å². The zero-order chi connectivity index (χ0) is 19.9. The molecule has 0 unspecified atom stereocenters. The monoisotopic (exact) mass is 367 g/mol. The van der Waals surface area contributed by atoms with Gasteiger partial charge in [-0.1, -0.05) is 93.6 Å². The van der Waals surface area contributed by atoms with Crippen LogP contribution in [0.5, 0.6) is 0 Å². The average Bonchev–Trinajstić information content (AvgIpc) is 2.67. The lowest BCUT2D eigenvalue weighted by atomic mass is 9.84. The third kappa shape index (κ3) is 3.38. The van der Waals surface area contributed by atoms with E-state index < -0.39 is 0 Å². The van der Waals surface area contributed by atoms with E-state index in [0.29, 0.717) is 0 Å². The molecule has 0 heterocycles. The highest BCUT2D eigenvalue weighted by Gasteiger charge is 2.22. The molecule has 0 amide bonds. The molecular weight excluding hydrogens is 338 g/mol. The van der Waals surface area contributed by atoms with Crippen LogP contribution in [0, 0.1) is 0 Å². The summed E-state index contributed by atoms with van der Waals surface area (Å²) in [6, 6.07) is 28.6. The van der Waals surface area contributed by atoms with Crippen LogP contribution >= 0.6 is 0 Å². The van der Waals surface area contributed by atoms with Crippen molar-refractivity contribution in [2.45, 2.75) is 45.6 Å². The van der Waals surface area contributed by atoms with Gasteiger partial charge < -0.3 is 5.32 Å². The Morgan fingerprint density at radius 1 is 0.536 bits per heavy atom. The number of hydrogen-bond acceptors (Lipinski definition) is 1. The van der Waals surface area contributed by atoms with Crippen molar-refractivity contribution in [2.75, 3.05) is 5.32 Å². The minimum Gasteiger partial charge on any atom is -0.376 e. The van der Waals surface area contributed by atoms with Crippen molar-refractivity contribution >= 4 is 27.2 Å². The Balaban J connectivity index is 1.73. The maximum Gasteiger partial charge on any atom is 0.0569 e. The molecule has 4 aromatic carbocycles. The summed E-state index contributed by atoms with van der Waals surface area (Å²) in [6.45, 7) is 11.3. The summed E-state index contributed by atoms with van der Waals surface area (Å²) in [5.41, 5.74) is 3.83. The van der Waals surface area contributed by atoms with E-state index in [-0.39, 0.29) is 11.0 Å². The van der Waals surface area contributed by atoms with E-state index in [0.717, 1.165) is 0 Å². The van der Waals surface area contributed by atoms with Gasteiger partial charge in [-0.2, -0.15) is 0 Å². The lowest BCUT2D eigenvalue weighted by Gasteiger charge is -2.30. The van der Waals surface area contributed by atoms with Gasteiger partial charge in [0.15, 0.2) is 0 Å². The maximum absolute atomic E-state index is 3.80. The minimum absolute atomic E-state index is 0.170. The molecule has 0 radical (unpaired) electrons. The molecule has 28 heavy (non-hydrogen) atoms. The van der Waals surface area contributed by atoms with E-state index in [2.05, 4.69) is 119 Å². The first kappa shape index (κ1) is 18.6. The minimum atomic E-state index is -0.170. The lowest BCUT2D eigenvalue weighted by molar-refractivity contribution is 0.583. The van der Waals surface area contributed by atoms with E-state index in [9.17, 15) is 0 Å². The Labute approximate surface area is 168 Å². The first-order valence-electron chi connectivity index (χ1n) is 10.1. The number of anilines is 1. The molecule has 4 aromatic rings. The van der Waals surface area contributed by atoms with Crippen LogP contribution in [0.1, 0.15) is 45.7 Å². The van der Waals surface area contributed by atoms with Gasteiger partial charge in [0.25, 0.3) is 0 Å². The van der Waals surface area contributed by atoms with Gasteiger partial charge in [-0.15, -0.1) is 0 Å². The van der Waals surface area contributed by atoms with Gasteiger partial charge in [-0.05, 0) is 52.6 Å². The number of hydrogen-bond donors (Lipinski definition) is 1. The zero-order valence-corrected chi connectivity index (χ0v) is 17.5. The van der Waals surface area contributed by atoms with Gasteiger partial charge in [0.2, 0.25) is 0 Å². The molecule has 0 fully saturated rings. The van der Waals surface area contributed by atoms with E-state index >= 15 is 0 Å². The van der Waals surface area contributed by atoms with Crippen molar-refractivity contribution in [3.8, 4) is 0 Å². The summed E-state index contributed by atoms with van der Waals surface area (Å²) in [7, 11) is 0. The van der Waals surface area contributed by atoms with E-state index in [1.165, 1.54) is 38.4 Å². The molecule has 0 saturated heterocycles. The molecule has 4 rings (SSSR count). The third-order valence-electron chi connectivity index (χ3n) is 5.71. The van der Waals surface area contributed by atoms with E-state index in [4.69, 9.17) is 0 Å². The van der Waals surface area contributed by atoms with Crippen LogP contribution in [-0.2, 0) is 11.0 Å². The molecule has 0 aliphatic carbocycles. The molecule has 0 bridgehead atoms. The first-order chi connectivity index (χ1) is 13.3. The highest BCUT2D eigenvalue weighted by molar-refractivity contribution is 6.11. The van der Waals surface area contributed by atoms with Gasteiger partial charge in [-0.3, -0.25) is 0 Å². The quantitative estimate of drug-likeness (QED) is 0.367. The normalized spacial score (nSPS) is 12.5. The first-order valence-corrected chi connectivity index (χ1v) is 10.1. The molecule has 0 spiro atoms. The average molecular weight is 368 g/mol. The molecule has 0 aromatic heterocycles. The second-order valence-corrected chi connectivity index (χ2v) is 9.26. The maximum atomic E-state index is 3.80. The van der Waals surface area contributed by atoms with Crippen molar-refractivity contribution < 1.29 is 0 Å². The second-order valence-electron chi connectivity index (χ2n) is 9.26. The Morgan fingerprint density at radius 2 is 1.18 bits per heavy atom. The summed E-state index contributed by atoms with van der Waals surface area (Å²) < 4.78 is 0. The van der Waals surface area contributed by atoms with Gasteiger partial charge in [-0.25, -0.2) is 0 Å². The van der Waals surface area contributed by atoms with Crippen molar-refractivity contribution in [3.05, 3.63) is 90.0 Å². The number of fused-ring (bicyclic) bond motifs is 3. The van der Waals surface area contributed by atoms with Gasteiger partial charge in [0, 0.05) is 11.1 Å². The summed E-state index contributed by atoms with van der Waals surface area (Å²) >= 11 is 0. The van der Waals surface area contributed by atoms with Gasteiger partial charge in [0.1, 0.15) is 0 Å². The van der Waals surface area contributed by atoms with Crippen LogP contribution in [0.2, 0.25) is 0 Å². The van der Waals surface area contributed by atoms with Crippen LogP contribution in [-0.4, -0.2) is 0 Å². The Kier molecular flexibility index (Phi) is 4.42. The summed E-state index contributed by atoms with van der Waals surface area (Å²) in [6.07, 6.45) is 0. The molecular formula is C27H29N. The van der Waals surface area contributed by atoms with Crippen LogP contribution < -0.4 is 5.32 Å². The summed E-state index contributed by atoms with van der Waals surface area (Å²) in [5, 5.41) is 8.94. The third-order valence-corrected chi connectivity index (χ3v) is 5.71. The molecule has 0 aliphatic rings. The molecule has 0 saturated carbocycles. The second kappa shape index (κ2) is 6.67. The van der Waals surface area contributed by atoms with Crippen molar-refractivity contribution in [3.63, 3.8) is 0 Å². The number of nitrogens with one attached hydrogen (secondary N) is 1. The predicted octanol–water partition coefficient (Wildman–Crippen LogP) is 7.64. The Bertz CT molecular complexity index is 1130. The summed E-state index contributed by atoms with van der Waals surface area (Å²) in [4.78, 5) is 0. The Hall–Kier alpha value is -2.80. The highest BCUT2D eigenvalue weighted by Crippen LogP contribution is 2.34. The molecule has 0 aliphatic heterocycles. The predicted molar refractivity (Wildman–Crippen MR) is 123 cm³/mol. The molecule has 142 valence electrons. The lowest BCUT2D eigenvalue weighted by Crippen LogP contribution is -2.28. The fourth-order valence-electron chi connectivity index (χ4n) is 3.95. The highest BCUT2D eigenvalue weighted by atomic mass is 15.0. The van der Waals surface area contributed by atoms with Gasteiger partial charge >= 0.3 is 0 Å². The van der Waals surface area contributed by atoms with Gasteiger partial charge in [0.05, 0.1) is 5.54 Å². The molecule has 1 N–H and O–H groups in total. The van der Waals surface area contributed by atoms with Crippen LogP contribution in [0.4, 0.5) is 5.69 Å². The summed E-state index contributed by atoms with van der Waals surface area (Å²) in [5.74, 6) is 0. The molecule has 1 heteroatoms. The zero-order valence-electron chi connectivity index (χ0n) is 17.5. The van der Waals surface area contributed by atoms with E-state index in [1.54, 1.807) is 0 Å².